The number of hydrogen-bond acceptors (Lipinski definition) is 4. The lowest BCUT2D eigenvalue weighted by Crippen LogP contribution is -2.46. The molecule has 1 aromatic rings. The molecule has 1 fully saturated rings. The number of aryl methyl sites for hydroxylation is 1. The van der Waals surface area contributed by atoms with Crippen molar-refractivity contribution >= 4 is 6.09 Å². The number of nitrogens with zero attached hydrogens (tertiary/aromatic N) is 2. The van der Waals surface area contributed by atoms with Crippen molar-refractivity contribution in [2.24, 2.45) is 0 Å². The molecule has 24 heavy (non-hydrogen) atoms. The fourth-order valence-corrected chi connectivity index (χ4v) is 2.94. The molecule has 1 aromatic heterocycles. The summed E-state index contributed by atoms with van der Waals surface area (Å²) in [6.45, 7) is 9.16. The SMILES string of the molecule is Cc1ccnc(OCCC[C@H]2CCCCN2C(=O)OC(C)(C)C)c1. The first-order valence-electron chi connectivity index (χ1n) is 8.90. The minimum absolute atomic E-state index is 0.187. The average molecular weight is 334 g/mol. The maximum absolute atomic E-state index is 12.4. The van der Waals surface area contributed by atoms with Crippen molar-refractivity contribution in [3.63, 3.8) is 0 Å². The first-order valence-corrected chi connectivity index (χ1v) is 8.90. The zero-order chi connectivity index (χ0) is 17.6. The van der Waals surface area contributed by atoms with Crippen LogP contribution < -0.4 is 4.74 Å². The van der Waals surface area contributed by atoms with Gasteiger partial charge in [0.2, 0.25) is 5.88 Å². The van der Waals surface area contributed by atoms with Crippen LogP contribution in [0, 0.1) is 6.92 Å². The second-order valence-electron chi connectivity index (χ2n) is 7.49. The normalized spacial score (nSPS) is 18.3. The smallest absolute Gasteiger partial charge is 0.410 e. The number of likely N-dealkylation sites (tertiary alicyclic amines) is 1. The van der Waals surface area contributed by atoms with Crippen LogP contribution in [-0.2, 0) is 4.74 Å². The van der Waals surface area contributed by atoms with Crippen LogP contribution in [0.3, 0.4) is 0 Å². The summed E-state index contributed by atoms with van der Waals surface area (Å²) in [6.07, 6.45) is 6.68. The fourth-order valence-electron chi connectivity index (χ4n) is 2.94. The van der Waals surface area contributed by atoms with Gasteiger partial charge >= 0.3 is 6.09 Å². The van der Waals surface area contributed by atoms with Crippen LogP contribution in [0.15, 0.2) is 18.3 Å². The van der Waals surface area contributed by atoms with E-state index in [-0.39, 0.29) is 12.1 Å². The monoisotopic (exact) mass is 334 g/mol. The molecular weight excluding hydrogens is 304 g/mol. The van der Waals surface area contributed by atoms with Gasteiger partial charge in [0, 0.05) is 24.8 Å². The Kier molecular flexibility index (Phi) is 6.46. The van der Waals surface area contributed by atoms with Crippen molar-refractivity contribution in [1.29, 1.82) is 0 Å². The highest BCUT2D eigenvalue weighted by atomic mass is 16.6. The highest BCUT2D eigenvalue weighted by molar-refractivity contribution is 5.68. The number of carbonyl (C=O) groups excluding carboxylic acids is 1. The van der Waals surface area contributed by atoms with Crippen LogP contribution in [0.25, 0.3) is 0 Å². The number of amides is 1. The van der Waals surface area contributed by atoms with Gasteiger partial charge in [-0.3, -0.25) is 0 Å². The Bertz CT molecular complexity index is 540. The van der Waals surface area contributed by atoms with Gasteiger partial charge in [-0.1, -0.05) is 0 Å². The summed E-state index contributed by atoms with van der Waals surface area (Å²) >= 11 is 0. The molecule has 0 aromatic carbocycles. The molecule has 2 rings (SSSR count). The Balaban J connectivity index is 1.79. The van der Waals surface area contributed by atoms with Gasteiger partial charge in [-0.25, -0.2) is 9.78 Å². The summed E-state index contributed by atoms with van der Waals surface area (Å²) in [5.74, 6) is 0.669. The molecule has 1 aliphatic rings. The van der Waals surface area contributed by atoms with Gasteiger partial charge < -0.3 is 14.4 Å². The Labute approximate surface area is 145 Å². The number of rotatable bonds is 5. The molecule has 134 valence electrons. The molecule has 0 radical (unpaired) electrons. The largest absolute Gasteiger partial charge is 0.478 e. The predicted octanol–water partition coefficient (Wildman–Crippen LogP) is 4.34. The van der Waals surface area contributed by atoms with Crippen molar-refractivity contribution in [2.45, 2.75) is 71.4 Å². The van der Waals surface area contributed by atoms with Crippen molar-refractivity contribution in [1.82, 2.24) is 9.88 Å². The van der Waals surface area contributed by atoms with E-state index in [1.807, 2.05) is 44.7 Å². The predicted molar refractivity (Wildman–Crippen MR) is 94.3 cm³/mol. The van der Waals surface area contributed by atoms with E-state index in [0.29, 0.717) is 12.5 Å². The molecule has 1 atom stereocenters. The highest BCUT2D eigenvalue weighted by Gasteiger charge is 2.30. The third kappa shape index (κ3) is 6.02. The van der Waals surface area contributed by atoms with Gasteiger partial charge in [-0.2, -0.15) is 0 Å². The van der Waals surface area contributed by atoms with Crippen molar-refractivity contribution in [2.75, 3.05) is 13.2 Å². The molecule has 5 nitrogen and oxygen atoms in total. The number of aromatic nitrogens is 1. The molecule has 0 saturated carbocycles. The molecule has 5 heteroatoms. The average Bonchev–Trinajstić information content (AvgIpc) is 2.50. The Hall–Kier alpha value is -1.78. The lowest BCUT2D eigenvalue weighted by atomic mass is 9.98. The summed E-state index contributed by atoms with van der Waals surface area (Å²) < 4.78 is 11.3. The second-order valence-corrected chi connectivity index (χ2v) is 7.49. The van der Waals surface area contributed by atoms with Gasteiger partial charge in [0.25, 0.3) is 0 Å². The molecule has 1 amide bonds. The molecule has 0 unspecified atom stereocenters. The third-order valence-electron chi connectivity index (χ3n) is 4.08. The summed E-state index contributed by atoms with van der Waals surface area (Å²) in [4.78, 5) is 18.5. The number of piperidine rings is 1. The van der Waals surface area contributed by atoms with Crippen LogP contribution in [0.1, 0.15) is 58.4 Å². The van der Waals surface area contributed by atoms with Crippen LogP contribution in [0.5, 0.6) is 5.88 Å². The van der Waals surface area contributed by atoms with E-state index in [4.69, 9.17) is 9.47 Å². The van der Waals surface area contributed by atoms with Crippen LogP contribution in [-0.4, -0.2) is 40.8 Å². The van der Waals surface area contributed by atoms with Crippen LogP contribution in [0.4, 0.5) is 4.79 Å². The van der Waals surface area contributed by atoms with E-state index < -0.39 is 5.60 Å². The van der Waals surface area contributed by atoms with E-state index in [1.54, 1.807) is 6.20 Å². The molecular formula is C19H30N2O3. The zero-order valence-corrected chi connectivity index (χ0v) is 15.4. The summed E-state index contributed by atoms with van der Waals surface area (Å²) in [7, 11) is 0. The molecule has 0 aliphatic carbocycles. The second kappa shape index (κ2) is 8.36. The number of ether oxygens (including phenoxy) is 2. The Morgan fingerprint density at radius 2 is 2.17 bits per heavy atom. The topological polar surface area (TPSA) is 51.7 Å². The minimum atomic E-state index is -0.445. The maximum atomic E-state index is 12.4. The summed E-state index contributed by atoms with van der Waals surface area (Å²) in [5.41, 5.74) is 0.697. The lowest BCUT2D eigenvalue weighted by Gasteiger charge is -2.36. The zero-order valence-electron chi connectivity index (χ0n) is 15.4. The molecule has 2 heterocycles. The minimum Gasteiger partial charge on any atom is -0.478 e. The van der Waals surface area contributed by atoms with Crippen molar-refractivity contribution in [3.05, 3.63) is 23.9 Å². The highest BCUT2D eigenvalue weighted by Crippen LogP contribution is 2.23. The number of pyridine rings is 1. The van der Waals surface area contributed by atoms with E-state index in [2.05, 4.69) is 4.98 Å². The Morgan fingerprint density at radius 3 is 2.88 bits per heavy atom. The molecule has 0 bridgehead atoms. The maximum Gasteiger partial charge on any atom is 0.410 e. The van der Waals surface area contributed by atoms with Crippen molar-refractivity contribution in [3.8, 4) is 5.88 Å². The standard InChI is InChI=1S/C19H30N2O3/c1-15-10-11-20-17(14-15)23-13-7-9-16-8-5-6-12-21(16)18(22)24-19(2,3)4/h10-11,14,16H,5-9,12-13H2,1-4H3/t16-/m1/s1. The van der Waals surface area contributed by atoms with Gasteiger partial charge in [0.05, 0.1) is 6.61 Å². The number of carbonyl (C=O) groups is 1. The van der Waals surface area contributed by atoms with Crippen molar-refractivity contribution < 1.29 is 14.3 Å². The van der Waals surface area contributed by atoms with Gasteiger partial charge in [-0.15, -0.1) is 0 Å². The van der Waals surface area contributed by atoms with Gasteiger partial charge in [0.1, 0.15) is 5.60 Å². The fraction of sp³-hybridized carbons (Fsp3) is 0.684. The first kappa shape index (κ1) is 18.6. The first-order chi connectivity index (χ1) is 11.3. The van der Waals surface area contributed by atoms with Crippen LogP contribution in [0.2, 0.25) is 0 Å². The van der Waals surface area contributed by atoms with E-state index in [0.717, 1.165) is 37.8 Å². The van der Waals surface area contributed by atoms with E-state index in [1.165, 1.54) is 6.42 Å². The molecule has 1 aliphatic heterocycles. The van der Waals surface area contributed by atoms with E-state index in [9.17, 15) is 4.79 Å². The molecule has 0 spiro atoms. The van der Waals surface area contributed by atoms with Crippen LogP contribution >= 0.6 is 0 Å². The lowest BCUT2D eigenvalue weighted by molar-refractivity contribution is 0.00822. The third-order valence-corrected chi connectivity index (χ3v) is 4.08. The summed E-state index contributed by atoms with van der Waals surface area (Å²) in [5, 5.41) is 0. The molecule has 1 saturated heterocycles. The van der Waals surface area contributed by atoms with E-state index >= 15 is 0 Å². The number of hydrogen-bond donors (Lipinski definition) is 0. The quantitative estimate of drug-likeness (QED) is 0.752. The molecule has 0 N–H and O–H groups in total. The Morgan fingerprint density at radius 1 is 1.38 bits per heavy atom. The van der Waals surface area contributed by atoms with Gasteiger partial charge in [-0.05, 0) is 71.4 Å². The van der Waals surface area contributed by atoms with Gasteiger partial charge in [0.15, 0.2) is 0 Å². The summed E-state index contributed by atoms with van der Waals surface area (Å²) in [6, 6.07) is 4.14.